The molecule has 6 heteroatoms. The van der Waals surface area contributed by atoms with Gasteiger partial charge >= 0.3 is 17.9 Å². The number of ether oxygens (including phenoxy) is 3. The van der Waals surface area contributed by atoms with Gasteiger partial charge in [0.25, 0.3) is 0 Å². The molecule has 0 aromatic carbocycles. The van der Waals surface area contributed by atoms with Crippen LogP contribution in [-0.2, 0) is 28.6 Å². The van der Waals surface area contributed by atoms with Crippen LogP contribution in [0.15, 0.2) is 0 Å². The highest BCUT2D eigenvalue weighted by Gasteiger charge is 2.19. The van der Waals surface area contributed by atoms with Crippen molar-refractivity contribution in [3.05, 3.63) is 0 Å². The monoisotopic (exact) mass is 849 g/mol. The van der Waals surface area contributed by atoms with E-state index >= 15 is 0 Å². The van der Waals surface area contributed by atoms with Crippen molar-refractivity contribution in [1.29, 1.82) is 0 Å². The van der Waals surface area contributed by atoms with Crippen LogP contribution in [-0.4, -0.2) is 37.2 Å². The van der Waals surface area contributed by atoms with E-state index < -0.39 is 6.10 Å². The normalized spacial score (nSPS) is 11.9. The second-order valence-electron chi connectivity index (χ2n) is 19.0. The van der Waals surface area contributed by atoms with E-state index in [1.54, 1.807) is 0 Å². The molecule has 0 amide bonds. The maximum atomic E-state index is 12.7. The number of hydrogen-bond donors (Lipinski definition) is 0. The van der Waals surface area contributed by atoms with Crippen molar-refractivity contribution in [2.45, 2.75) is 310 Å². The van der Waals surface area contributed by atoms with E-state index in [-0.39, 0.29) is 31.1 Å². The Kier molecular flexibility index (Phi) is 47.2. The van der Waals surface area contributed by atoms with E-state index in [2.05, 4.69) is 27.7 Å². The first-order chi connectivity index (χ1) is 29.4. The molecule has 0 rings (SSSR count). The first kappa shape index (κ1) is 58.4. The molecule has 1 atom stereocenters. The largest absolute Gasteiger partial charge is 0.462 e. The van der Waals surface area contributed by atoms with E-state index in [0.29, 0.717) is 19.3 Å². The minimum absolute atomic E-state index is 0.0628. The zero-order chi connectivity index (χ0) is 43.8. The quantitative estimate of drug-likeness (QED) is 0.0345. The van der Waals surface area contributed by atoms with Crippen molar-refractivity contribution in [3.63, 3.8) is 0 Å². The van der Waals surface area contributed by atoms with Crippen LogP contribution in [0.5, 0.6) is 0 Å². The minimum Gasteiger partial charge on any atom is -0.462 e. The molecule has 0 spiro atoms. The van der Waals surface area contributed by atoms with E-state index in [9.17, 15) is 14.4 Å². The Morgan fingerprint density at radius 1 is 0.317 bits per heavy atom. The Morgan fingerprint density at radius 2 is 0.550 bits per heavy atom. The Morgan fingerprint density at radius 3 is 0.817 bits per heavy atom. The molecule has 0 aliphatic heterocycles. The predicted molar refractivity (Wildman–Crippen MR) is 257 cm³/mol. The molecule has 0 saturated carbocycles. The van der Waals surface area contributed by atoms with Gasteiger partial charge in [-0.1, -0.05) is 265 Å². The first-order valence-corrected chi connectivity index (χ1v) is 26.9. The van der Waals surface area contributed by atoms with Gasteiger partial charge in [-0.25, -0.2) is 0 Å². The summed E-state index contributed by atoms with van der Waals surface area (Å²) < 4.78 is 16.8. The number of carbonyl (C=O) groups is 3. The minimum atomic E-state index is -0.760. The molecule has 0 radical (unpaired) electrons. The summed E-state index contributed by atoms with van der Waals surface area (Å²) in [4.78, 5) is 37.9. The molecule has 0 unspecified atom stereocenters. The lowest BCUT2D eigenvalue weighted by molar-refractivity contribution is -0.167. The Bertz CT molecular complexity index is 903. The third-order valence-corrected chi connectivity index (χ3v) is 12.3. The van der Waals surface area contributed by atoms with E-state index in [1.165, 1.54) is 199 Å². The molecule has 60 heavy (non-hydrogen) atoms. The van der Waals surface area contributed by atoms with Crippen molar-refractivity contribution >= 4 is 17.9 Å². The van der Waals surface area contributed by atoms with Gasteiger partial charge in [0, 0.05) is 19.3 Å². The van der Waals surface area contributed by atoms with Crippen LogP contribution in [0.4, 0.5) is 0 Å². The fourth-order valence-electron chi connectivity index (χ4n) is 8.22. The van der Waals surface area contributed by atoms with Crippen molar-refractivity contribution in [2.75, 3.05) is 13.2 Å². The van der Waals surface area contributed by atoms with Crippen LogP contribution in [0.1, 0.15) is 304 Å². The second kappa shape index (κ2) is 48.4. The lowest BCUT2D eigenvalue weighted by atomic mass is 10.0. The van der Waals surface area contributed by atoms with Gasteiger partial charge in [-0.15, -0.1) is 0 Å². The van der Waals surface area contributed by atoms with Crippen molar-refractivity contribution < 1.29 is 28.6 Å². The topological polar surface area (TPSA) is 78.9 Å². The van der Waals surface area contributed by atoms with E-state index in [0.717, 1.165) is 63.7 Å². The summed E-state index contributed by atoms with van der Waals surface area (Å²) in [7, 11) is 0. The Balaban J connectivity index is 4.22. The summed E-state index contributed by atoms with van der Waals surface area (Å²) in [5, 5.41) is 0. The highest BCUT2D eigenvalue weighted by Crippen LogP contribution is 2.17. The molecular formula is C54H104O6. The number of hydrogen-bond acceptors (Lipinski definition) is 6. The summed E-state index contributed by atoms with van der Waals surface area (Å²) in [5.41, 5.74) is 0. The molecule has 0 fully saturated rings. The average molecular weight is 849 g/mol. The van der Waals surface area contributed by atoms with E-state index in [1.807, 2.05) is 0 Å². The molecule has 0 N–H and O–H groups in total. The molecule has 356 valence electrons. The van der Waals surface area contributed by atoms with Gasteiger partial charge in [-0.3, -0.25) is 14.4 Å². The summed E-state index contributed by atoms with van der Waals surface area (Å²) in [6.07, 6.45) is 51.0. The van der Waals surface area contributed by atoms with Gasteiger partial charge in [-0.05, 0) is 25.2 Å². The van der Waals surface area contributed by atoms with Gasteiger partial charge in [0.05, 0.1) is 0 Å². The van der Waals surface area contributed by atoms with Gasteiger partial charge < -0.3 is 14.2 Å². The SMILES string of the molecule is CCCCCCCCCCCCCCCCCCCCCC(=O)OC[C@@H](COC(=O)CCCCCCCCCCCCC(C)C)OC(=O)CCCCCCCCCCCC. The molecule has 0 saturated heterocycles. The third-order valence-electron chi connectivity index (χ3n) is 12.3. The smallest absolute Gasteiger partial charge is 0.306 e. The molecule has 6 nitrogen and oxygen atoms in total. The first-order valence-electron chi connectivity index (χ1n) is 26.9. The Hall–Kier alpha value is -1.59. The molecule has 0 aromatic rings. The fourth-order valence-corrected chi connectivity index (χ4v) is 8.22. The predicted octanol–water partition coefficient (Wildman–Crippen LogP) is 17.5. The molecular weight excluding hydrogens is 745 g/mol. The number of esters is 3. The van der Waals surface area contributed by atoms with Gasteiger partial charge in [0.2, 0.25) is 0 Å². The maximum Gasteiger partial charge on any atom is 0.306 e. The average Bonchev–Trinajstić information content (AvgIpc) is 3.23. The molecule has 0 aromatic heterocycles. The van der Waals surface area contributed by atoms with Gasteiger partial charge in [-0.2, -0.15) is 0 Å². The lowest BCUT2D eigenvalue weighted by Gasteiger charge is -2.18. The molecule has 0 aliphatic rings. The van der Waals surface area contributed by atoms with Crippen molar-refractivity contribution in [3.8, 4) is 0 Å². The van der Waals surface area contributed by atoms with Crippen LogP contribution in [0.3, 0.4) is 0 Å². The second-order valence-corrected chi connectivity index (χ2v) is 19.0. The summed E-state index contributed by atoms with van der Waals surface area (Å²) in [5.74, 6) is -0.0262. The van der Waals surface area contributed by atoms with Crippen LogP contribution >= 0.6 is 0 Å². The van der Waals surface area contributed by atoms with Crippen LogP contribution in [0.2, 0.25) is 0 Å². The zero-order valence-electron chi connectivity index (χ0n) is 40.9. The molecule has 0 bridgehead atoms. The molecule has 0 aliphatic carbocycles. The lowest BCUT2D eigenvalue weighted by Crippen LogP contribution is -2.30. The number of carbonyl (C=O) groups excluding carboxylic acids is 3. The standard InChI is InChI=1S/C54H104O6/c1-5-7-9-11-13-15-17-18-19-20-21-22-23-24-25-30-33-37-41-45-52(55)58-48-51(60-54(57)47-43-39-35-29-16-14-12-10-8-6-2)49-59-53(56)46-42-38-34-31-27-26-28-32-36-40-44-50(3)4/h50-51H,5-49H2,1-4H3/t51-/m0/s1. The molecule has 0 heterocycles. The van der Waals surface area contributed by atoms with Gasteiger partial charge in [0.15, 0.2) is 6.10 Å². The number of unbranched alkanes of at least 4 members (excludes halogenated alkanes) is 36. The zero-order valence-corrected chi connectivity index (χ0v) is 40.9. The van der Waals surface area contributed by atoms with Crippen molar-refractivity contribution in [1.82, 2.24) is 0 Å². The van der Waals surface area contributed by atoms with Gasteiger partial charge in [0.1, 0.15) is 13.2 Å². The highest BCUT2D eigenvalue weighted by atomic mass is 16.6. The van der Waals surface area contributed by atoms with Crippen LogP contribution < -0.4 is 0 Å². The number of rotatable bonds is 49. The van der Waals surface area contributed by atoms with Crippen molar-refractivity contribution in [2.24, 2.45) is 5.92 Å². The summed E-state index contributed by atoms with van der Waals surface area (Å²) in [6, 6.07) is 0. The highest BCUT2D eigenvalue weighted by molar-refractivity contribution is 5.71. The van der Waals surface area contributed by atoms with Crippen LogP contribution in [0.25, 0.3) is 0 Å². The summed E-state index contributed by atoms with van der Waals surface area (Å²) in [6.45, 7) is 9.01. The van der Waals surface area contributed by atoms with E-state index in [4.69, 9.17) is 14.2 Å². The third kappa shape index (κ3) is 47.5. The maximum absolute atomic E-state index is 12.7. The summed E-state index contributed by atoms with van der Waals surface area (Å²) >= 11 is 0. The Labute approximate surface area is 374 Å². The van der Waals surface area contributed by atoms with Crippen LogP contribution in [0, 0.1) is 5.92 Å². The fraction of sp³-hybridized carbons (Fsp3) is 0.944.